The van der Waals surface area contributed by atoms with Gasteiger partial charge in [0, 0.05) is 24.5 Å². The standard InChI is InChI=1S/C16H30N4O7/c1-16(2,3)27-15(23)20(6-4-14(21)22)7-9-25-11-13-26-12-10-24-8-5-18-19-17/h4-13H2,1-3H3,(H,21,22). The fourth-order valence-electron chi connectivity index (χ4n) is 1.72. The highest BCUT2D eigenvalue weighted by atomic mass is 16.6. The number of nitrogens with zero attached hydrogens (tertiary/aromatic N) is 4. The summed E-state index contributed by atoms with van der Waals surface area (Å²) in [5.74, 6) is -0.987. The SMILES string of the molecule is CC(C)(C)OC(=O)N(CCOCCOCCOCCN=[N+]=[N-])CCC(=O)O. The third kappa shape index (κ3) is 17.1. The number of carboxylic acid groups (broad SMARTS) is 1. The van der Waals surface area contributed by atoms with Crippen LogP contribution in [0.1, 0.15) is 27.2 Å². The van der Waals surface area contributed by atoms with E-state index in [2.05, 4.69) is 10.0 Å². The van der Waals surface area contributed by atoms with Crippen molar-refractivity contribution < 1.29 is 33.6 Å². The van der Waals surface area contributed by atoms with Crippen LogP contribution in [0.15, 0.2) is 5.11 Å². The van der Waals surface area contributed by atoms with Crippen molar-refractivity contribution in [3.63, 3.8) is 0 Å². The van der Waals surface area contributed by atoms with Crippen molar-refractivity contribution in [2.45, 2.75) is 32.8 Å². The first-order valence-corrected chi connectivity index (χ1v) is 8.70. The summed E-state index contributed by atoms with van der Waals surface area (Å²) in [6.07, 6.45) is -0.733. The Morgan fingerprint density at radius 1 is 1.00 bits per heavy atom. The second kappa shape index (κ2) is 15.0. The summed E-state index contributed by atoms with van der Waals surface area (Å²) in [4.78, 5) is 26.7. The van der Waals surface area contributed by atoms with Gasteiger partial charge in [-0.2, -0.15) is 0 Å². The predicted molar refractivity (Wildman–Crippen MR) is 96.5 cm³/mol. The van der Waals surface area contributed by atoms with Gasteiger partial charge in [-0.3, -0.25) is 4.79 Å². The van der Waals surface area contributed by atoms with Gasteiger partial charge in [-0.25, -0.2) is 4.79 Å². The van der Waals surface area contributed by atoms with E-state index >= 15 is 0 Å². The first kappa shape index (κ1) is 24.9. The highest BCUT2D eigenvalue weighted by Gasteiger charge is 2.22. The molecule has 0 aromatic carbocycles. The topological polar surface area (TPSA) is 143 Å². The molecular weight excluding hydrogens is 360 g/mol. The number of hydrogen-bond acceptors (Lipinski definition) is 7. The molecule has 27 heavy (non-hydrogen) atoms. The molecule has 0 bridgehead atoms. The average Bonchev–Trinajstić information content (AvgIpc) is 2.56. The van der Waals surface area contributed by atoms with Gasteiger partial charge >= 0.3 is 12.1 Å². The Labute approximate surface area is 159 Å². The van der Waals surface area contributed by atoms with Crippen LogP contribution in [-0.2, 0) is 23.7 Å². The fourth-order valence-corrected chi connectivity index (χ4v) is 1.72. The van der Waals surface area contributed by atoms with Crippen molar-refractivity contribution in [1.29, 1.82) is 0 Å². The lowest BCUT2D eigenvalue weighted by atomic mass is 10.2. The molecule has 0 aromatic heterocycles. The summed E-state index contributed by atoms with van der Waals surface area (Å²) >= 11 is 0. The molecule has 0 aliphatic rings. The Morgan fingerprint density at radius 2 is 1.56 bits per heavy atom. The number of azide groups is 1. The molecule has 0 rings (SSSR count). The number of carboxylic acids is 1. The number of ether oxygens (including phenoxy) is 4. The second-order valence-corrected chi connectivity index (χ2v) is 6.40. The second-order valence-electron chi connectivity index (χ2n) is 6.40. The van der Waals surface area contributed by atoms with Crippen LogP contribution in [0.4, 0.5) is 4.79 Å². The van der Waals surface area contributed by atoms with Gasteiger partial charge in [0.15, 0.2) is 0 Å². The molecule has 11 nitrogen and oxygen atoms in total. The van der Waals surface area contributed by atoms with Crippen LogP contribution in [-0.4, -0.2) is 86.9 Å². The molecule has 0 aliphatic heterocycles. The maximum absolute atomic E-state index is 12.1. The molecule has 0 saturated carbocycles. The van der Waals surface area contributed by atoms with Crippen molar-refractivity contribution in [1.82, 2.24) is 4.90 Å². The zero-order chi connectivity index (χ0) is 20.5. The van der Waals surface area contributed by atoms with Gasteiger partial charge in [-0.1, -0.05) is 5.11 Å². The van der Waals surface area contributed by atoms with Gasteiger partial charge in [-0.05, 0) is 26.3 Å². The van der Waals surface area contributed by atoms with Gasteiger partial charge < -0.3 is 29.0 Å². The summed E-state index contributed by atoms with van der Waals surface area (Å²) < 4.78 is 21.1. The fraction of sp³-hybridized carbons (Fsp3) is 0.875. The molecule has 0 saturated heterocycles. The smallest absolute Gasteiger partial charge is 0.410 e. The molecule has 0 spiro atoms. The quantitative estimate of drug-likeness (QED) is 0.195. The van der Waals surface area contributed by atoms with Gasteiger partial charge in [0.2, 0.25) is 0 Å². The van der Waals surface area contributed by atoms with Crippen LogP contribution < -0.4 is 0 Å². The van der Waals surface area contributed by atoms with E-state index in [-0.39, 0.29) is 32.7 Å². The maximum Gasteiger partial charge on any atom is 0.410 e. The first-order chi connectivity index (χ1) is 12.8. The summed E-state index contributed by atoms with van der Waals surface area (Å²) in [6, 6.07) is 0. The molecule has 0 fully saturated rings. The number of rotatable bonds is 15. The Bertz CT molecular complexity index is 476. The monoisotopic (exact) mass is 390 g/mol. The van der Waals surface area contributed by atoms with Crippen LogP contribution in [0.2, 0.25) is 0 Å². The molecule has 0 unspecified atom stereocenters. The molecule has 0 atom stereocenters. The van der Waals surface area contributed by atoms with Crippen LogP contribution in [0.5, 0.6) is 0 Å². The van der Waals surface area contributed by atoms with E-state index in [0.29, 0.717) is 33.0 Å². The molecule has 0 radical (unpaired) electrons. The minimum Gasteiger partial charge on any atom is -0.481 e. The zero-order valence-electron chi connectivity index (χ0n) is 16.3. The summed E-state index contributed by atoms with van der Waals surface area (Å²) in [5.41, 5.74) is 7.43. The lowest BCUT2D eigenvalue weighted by molar-refractivity contribution is -0.137. The summed E-state index contributed by atoms with van der Waals surface area (Å²) in [7, 11) is 0. The van der Waals surface area contributed by atoms with Crippen molar-refractivity contribution in [3.05, 3.63) is 10.4 Å². The predicted octanol–water partition coefficient (Wildman–Crippen LogP) is 2.06. The molecule has 0 aliphatic carbocycles. The minimum absolute atomic E-state index is 0.0529. The molecule has 0 heterocycles. The van der Waals surface area contributed by atoms with Crippen LogP contribution >= 0.6 is 0 Å². The number of carbonyl (C=O) groups excluding carboxylic acids is 1. The van der Waals surface area contributed by atoms with Crippen molar-refractivity contribution in [2.24, 2.45) is 5.11 Å². The van der Waals surface area contributed by atoms with E-state index in [4.69, 9.17) is 29.6 Å². The highest BCUT2D eigenvalue weighted by molar-refractivity contribution is 5.70. The van der Waals surface area contributed by atoms with Crippen LogP contribution in [0, 0.1) is 0 Å². The molecule has 1 amide bonds. The normalized spacial score (nSPS) is 10.9. The Balaban J connectivity index is 3.87. The number of aliphatic carboxylic acids is 1. The Hall–Kier alpha value is -2.07. The third-order valence-corrected chi connectivity index (χ3v) is 2.90. The van der Waals surface area contributed by atoms with Gasteiger partial charge in [0.05, 0.1) is 46.1 Å². The van der Waals surface area contributed by atoms with E-state index in [0.717, 1.165) is 0 Å². The molecule has 1 N–H and O–H groups in total. The lowest BCUT2D eigenvalue weighted by Gasteiger charge is -2.27. The summed E-state index contributed by atoms with van der Waals surface area (Å²) in [5, 5.41) is 12.1. The van der Waals surface area contributed by atoms with Crippen molar-refractivity contribution >= 4 is 12.1 Å². The van der Waals surface area contributed by atoms with Gasteiger partial charge in [-0.15, -0.1) is 0 Å². The van der Waals surface area contributed by atoms with E-state index in [1.165, 1.54) is 4.90 Å². The van der Waals surface area contributed by atoms with Crippen LogP contribution in [0.3, 0.4) is 0 Å². The average molecular weight is 390 g/mol. The van der Waals surface area contributed by atoms with Crippen molar-refractivity contribution in [3.8, 4) is 0 Å². The minimum atomic E-state index is -0.987. The number of hydrogen-bond donors (Lipinski definition) is 1. The molecular formula is C16H30N4O7. The van der Waals surface area contributed by atoms with Crippen molar-refractivity contribution in [2.75, 3.05) is 59.3 Å². The van der Waals surface area contributed by atoms with E-state index in [1.807, 2.05) is 0 Å². The van der Waals surface area contributed by atoms with Crippen LogP contribution in [0.25, 0.3) is 10.4 Å². The Morgan fingerprint density at radius 3 is 2.07 bits per heavy atom. The Kier molecular flexibility index (Phi) is 13.9. The molecule has 0 aromatic rings. The van der Waals surface area contributed by atoms with E-state index < -0.39 is 17.7 Å². The third-order valence-electron chi connectivity index (χ3n) is 2.90. The van der Waals surface area contributed by atoms with Gasteiger partial charge in [0.1, 0.15) is 5.60 Å². The zero-order valence-corrected chi connectivity index (χ0v) is 16.3. The maximum atomic E-state index is 12.1. The lowest BCUT2D eigenvalue weighted by Crippen LogP contribution is -2.40. The largest absolute Gasteiger partial charge is 0.481 e. The molecule has 156 valence electrons. The number of carbonyl (C=O) groups is 2. The number of amides is 1. The molecule has 11 heteroatoms. The highest BCUT2D eigenvalue weighted by Crippen LogP contribution is 2.10. The van der Waals surface area contributed by atoms with Gasteiger partial charge in [0.25, 0.3) is 0 Å². The van der Waals surface area contributed by atoms with E-state index in [9.17, 15) is 9.59 Å². The summed E-state index contributed by atoms with van der Waals surface area (Å²) in [6.45, 7) is 7.87. The van der Waals surface area contributed by atoms with E-state index in [1.54, 1.807) is 20.8 Å². The first-order valence-electron chi connectivity index (χ1n) is 8.70.